The lowest BCUT2D eigenvalue weighted by molar-refractivity contribution is 0.0469. The second-order valence-corrected chi connectivity index (χ2v) is 4.22. The topological polar surface area (TPSA) is 46.5 Å². The Kier molecular flexibility index (Phi) is 3.80. The summed E-state index contributed by atoms with van der Waals surface area (Å²) in [4.78, 5) is 11.8. The lowest BCUT2D eigenvalue weighted by Crippen LogP contribution is -2.05. The summed E-state index contributed by atoms with van der Waals surface area (Å²) in [5.41, 5.74) is 1.65. The molecule has 0 saturated heterocycles. The van der Waals surface area contributed by atoms with Crippen LogP contribution in [-0.4, -0.2) is 11.1 Å². The predicted molar refractivity (Wildman–Crippen MR) is 68.4 cm³/mol. The van der Waals surface area contributed by atoms with Gasteiger partial charge in [0.2, 0.25) is 0 Å². The summed E-state index contributed by atoms with van der Waals surface area (Å²) in [7, 11) is 0. The maximum Gasteiger partial charge on any atom is 0.342 e. The molecule has 0 aliphatic rings. The second-order valence-electron chi connectivity index (χ2n) is 4.22. The summed E-state index contributed by atoms with van der Waals surface area (Å²) in [6, 6.07) is 10.4. The summed E-state index contributed by atoms with van der Waals surface area (Å²) < 4.78 is 17.8. The molecule has 0 unspecified atom stereocenters. The molecule has 3 nitrogen and oxygen atoms in total. The van der Waals surface area contributed by atoms with E-state index in [9.17, 15) is 14.3 Å². The summed E-state index contributed by atoms with van der Waals surface area (Å²) in [6.07, 6.45) is 0. The van der Waals surface area contributed by atoms with E-state index in [1.807, 2.05) is 6.92 Å². The lowest BCUT2D eigenvalue weighted by Gasteiger charge is -2.07. The number of hydrogen-bond acceptors (Lipinski definition) is 3. The highest BCUT2D eigenvalue weighted by Crippen LogP contribution is 2.19. The lowest BCUT2D eigenvalue weighted by atomic mass is 10.1. The van der Waals surface area contributed by atoms with E-state index in [1.165, 1.54) is 36.4 Å². The minimum Gasteiger partial charge on any atom is -0.507 e. The molecule has 0 amide bonds. The summed E-state index contributed by atoms with van der Waals surface area (Å²) in [6.45, 7) is 1.85. The van der Waals surface area contributed by atoms with Crippen LogP contribution in [0.3, 0.4) is 0 Å². The third kappa shape index (κ3) is 3.31. The molecule has 19 heavy (non-hydrogen) atoms. The maximum absolute atomic E-state index is 12.7. The fraction of sp³-hybridized carbons (Fsp3) is 0.133. The standard InChI is InChI=1S/C15H13FO3/c1-10-2-7-13(14(17)8-10)15(18)19-9-11-3-5-12(16)6-4-11/h2-8,17H,9H2,1H3. The van der Waals surface area contributed by atoms with Crippen molar-refractivity contribution in [1.82, 2.24) is 0 Å². The average molecular weight is 260 g/mol. The van der Waals surface area contributed by atoms with E-state index in [-0.39, 0.29) is 23.7 Å². The number of carbonyl (C=O) groups is 1. The molecule has 2 aromatic carbocycles. The molecular formula is C15H13FO3. The van der Waals surface area contributed by atoms with Gasteiger partial charge in [-0.25, -0.2) is 9.18 Å². The molecular weight excluding hydrogens is 247 g/mol. The van der Waals surface area contributed by atoms with Crippen LogP contribution in [0.4, 0.5) is 4.39 Å². The monoisotopic (exact) mass is 260 g/mol. The number of rotatable bonds is 3. The summed E-state index contributed by atoms with van der Waals surface area (Å²) in [5, 5.41) is 9.64. The number of esters is 1. The first-order valence-electron chi connectivity index (χ1n) is 5.77. The minimum atomic E-state index is -0.609. The molecule has 0 aliphatic heterocycles. The highest BCUT2D eigenvalue weighted by atomic mass is 19.1. The SMILES string of the molecule is Cc1ccc(C(=O)OCc2ccc(F)cc2)c(O)c1. The Labute approximate surface area is 110 Å². The van der Waals surface area contributed by atoms with Gasteiger partial charge < -0.3 is 9.84 Å². The third-order valence-corrected chi connectivity index (χ3v) is 2.66. The predicted octanol–water partition coefficient (Wildman–Crippen LogP) is 3.20. The van der Waals surface area contributed by atoms with Gasteiger partial charge in [-0.1, -0.05) is 18.2 Å². The van der Waals surface area contributed by atoms with Gasteiger partial charge in [-0.15, -0.1) is 0 Å². The van der Waals surface area contributed by atoms with Gasteiger partial charge in [-0.2, -0.15) is 0 Å². The molecule has 0 radical (unpaired) electrons. The minimum absolute atomic E-state index is 0.0342. The van der Waals surface area contributed by atoms with Crippen LogP contribution in [0.15, 0.2) is 42.5 Å². The van der Waals surface area contributed by atoms with Crippen molar-refractivity contribution in [3.05, 3.63) is 65.0 Å². The van der Waals surface area contributed by atoms with Crippen LogP contribution >= 0.6 is 0 Å². The van der Waals surface area contributed by atoms with Crippen molar-refractivity contribution in [1.29, 1.82) is 0 Å². The van der Waals surface area contributed by atoms with E-state index in [2.05, 4.69) is 0 Å². The number of ether oxygens (including phenoxy) is 1. The van der Waals surface area contributed by atoms with Gasteiger partial charge in [-0.05, 0) is 42.3 Å². The Hall–Kier alpha value is -2.36. The Balaban J connectivity index is 2.03. The molecule has 0 heterocycles. The molecule has 0 aliphatic carbocycles. The van der Waals surface area contributed by atoms with Gasteiger partial charge in [0.05, 0.1) is 0 Å². The van der Waals surface area contributed by atoms with Gasteiger partial charge in [0, 0.05) is 0 Å². The Morgan fingerprint density at radius 1 is 1.21 bits per heavy atom. The average Bonchev–Trinajstić information content (AvgIpc) is 2.37. The van der Waals surface area contributed by atoms with Crippen molar-refractivity contribution in [2.45, 2.75) is 13.5 Å². The molecule has 0 aromatic heterocycles. The maximum atomic E-state index is 12.7. The van der Waals surface area contributed by atoms with Crippen molar-refractivity contribution in [2.75, 3.05) is 0 Å². The first-order chi connectivity index (χ1) is 9.06. The van der Waals surface area contributed by atoms with E-state index < -0.39 is 5.97 Å². The van der Waals surface area contributed by atoms with Gasteiger partial charge in [0.15, 0.2) is 0 Å². The van der Waals surface area contributed by atoms with Crippen molar-refractivity contribution >= 4 is 5.97 Å². The van der Waals surface area contributed by atoms with E-state index in [0.29, 0.717) is 5.56 Å². The van der Waals surface area contributed by atoms with Gasteiger partial charge in [0.1, 0.15) is 23.7 Å². The molecule has 98 valence electrons. The van der Waals surface area contributed by atoms with Crippen molar-refractivity contribution in [3.8, 4) is 5.75 Å². The molecule has 0 bridgehead atoms. The van der Waals surface area contributed by atoms with Crippen molar-refractivity contribution in [2.24, 2.45) is 0 Å². The number of halogens is 1. The van der Waals surface area contributed by atoms with Crippen molar-refractivity contribution < 1.29 is 19.0 Å². The quantitative estimate of drug-likeness (QED) is 0.862. The fourth-order valence-electron chi connectivity index (χ4n) is 1.62. The number of carbonyl (C=O) groups excluding carboxylic acids is 1. The van der Waals surface area contributed by atoms with E-state index in [1.54, 1.807) is 6.07 Å². The van der Waals surface area contributed by atoms with Crippen LogP contribution in [0.1, 0.15) is 21.5 Å². The molecule has 1 N–H and O–H groups in total. The highest BCUT2D eigenvalue weighted by Gasteiger charge is 2.12. The fourth-order valence-corrected chi connectivity index (χ4v) is 1.62. The van der Waals surface area contributed by atoms with E-state index in [4.69, 9.17) is 4.74 Å². The first-order valence-corrected chi connectivity index (χ1v) is 5.77. The van der Waals surface area contributed by atoms with Crippen LogP contribution in [0.2, 0.25) is 0 Å². The zero-order valence-corrected chi connectivity index (χ0v) is 10.4. The Morgan fingerprint density at radius 3 is 2.53 bits per heavy atom. The summed E-state index contributed by atoms with van der Waals surface area (Å²) >= 11 is 0. The number of hydrogen-bond donors (Lipinski definition) is 1. The van der Waals surface area contributed by atoms with Crippen LogP contribution in [0.25, 0.3) is 0 Å². The molecule has 0 fully saturated rings. The largest absolute Gasteiger partial charge is 0.507 e. The van der Waals surface area contributed by atoms with Gasteiger partial charge >= 0.3 is 5.97 Å². The number of benzene rings is 2. The zero-order valence-electron chi connectivity index (χ0n) is 10.4. The Bertz CT molecular complexity index is 591. The number of phenols is 1. The second kappa shape index (κ2) is 5.52. The first kappa shape index (κ1) is 13.1. The van der Waals surface area contributed by atoms with Crippen molar-refractivity contribution in [3.63, 3.8) is 0 Å². The summed E-state index contributed by atoms with van der Waals surface area (Å²) in [5.74, 6) is -1.06. The number of aryl methyl sites for hydroxylation is 1. The molecule has 0 spiro atoms. The van der Waals surface area contributed by atoms with Crippen LogP contribution in [0, 0.1) is 12.7 Å². The van der Waals surface area contributed by atoms with Crippen LogP contribution < -0.4 is 0 Å². The number of phenolic OH excluding ortho intramolecular Hbond substituents is 1. The van der Waals surface area contributed by atoms with Crippen LogP contribution in [0.5, 0.6) is 5.75 Å². The van der Waals surface area contributed by atoms with E-state index >= 15 is 0 Å². The third-order valence-electron chi connectivity index (χ3n) is 2.66. The van der Waals surface area contributed by atoms with E-state index in [0.717, 1.165) is 5.56 Å². The number of aromatic hydroxyl groups is 1. The molecule has 2 aromatic rings. The molecule has 0 saturated carbocycles. The molecule has 2 rings (SSSR count). The zero-order chi connectivity index (χ0) is 13.8. The smallest absolute Gasteiger partial charge is 0.342 e. The molecule has 4 heteroatoms. The highest BCUT2D eigenvalue weighted by molar-refractivity contribution is 5.92. The van der Waals surface area contributed by atoms with Gasteiger partial charge in [0.25, 0.3) is 0 Å². The van der Waals surface area contributed by atoms with Crippen LogP contribution in [-0.2, 0) is 11.3 Å². The Morgan fingerprint density at radius 2 is 1.89 bits per heavy atom. The normalized spacial score (nSPS) is 10.2. The van der Waals surface area contributed by atoms with Gasteiger partial charge in [-0.3, -0.25) is 0 Å². The molecule has 0 atom stereocenters.